The number of methoxy groups -OCH3 is 1. The van der Waals surface area contributed by atoms with Gasteiger partial charge in [0, 0.05) is 17.8 Å². The van der Waals surface area contributed by atoms with E-state index in [0.717, 1.165) is 11.3 Å². The van der Waals surface area contributed by atoms with E-state index in [9.17, 15) is 9.18 Å². The van der Waals surface area contributed by atoms with Gasteiger partial charge in [-0.3, -0.25) is 0 Å². The molecule has 1 heterocycles. The fourth-order valence-corrected chi connectivity index (χ4v) is 1.76. The lowest BCUT2D eigenvalue weighted by molar-refractivity contribution is 0.0563. The van der Waals surface area contributed by atoms with Gasteiger partial charge in [-0.1, -0.05) is 0 Å². The average Bonchev–Trinajstić information content (AvgIpc) is 2.85. The Bertz CT molecular complexity index is 592. The number of hydrogen-bond donors (Lipinski definition) is 1. The molecule has 0 aliphatic carbocycles. The second-order valence-electron chi connectivity index (χ2n) is 4.08. The molecule has 1 N–H and O–H groups in total. The molecule has 0 saturated carbocycles. The van der Waals surface area contributed by atoms with Gasteiger partial charge in [0.15, 0.2) is 0 Å². The Morgan fingerprint density at radius 3 is 2.89 bits per heavy atom. The molecule has 0 bridgehead atoms. The molecule has 0 fully saturated rings. The maximum Gasteiger partial charge on any atom is 0.374 e. The van der Waals surface area contributed by atoms with Crippen molar-refractivity contribution in [1.82, 2.24) is 0 Å². The summed E-state index contributed by atoms with van der Waals surface area (Å²) in [7, 11) is 1.30. The first kappa shape index (κ1) is 13.1. The van der Waals surface area contributed by atoms with Crippen molar-refractivity contribution >= 4 is 11.7 Å². The third-order valence-electron chi connectivity index (χ3n) is 2.78. The number of carbonyl (C=O) groups excluding carboxylic acids is 1. The highest BCUT2D eigenvalue weighted by molar-refractivity contribution is 5.87. The number of carbonyl (C=O) groups is 1. The van der Waals surface area contributed by atoms with Crippen molar-refractivity contribution in [3.63, 3.8) is 0 Å². The second kappa shape index (κ2) is 5.56. The molecule has 0 aliphatic heterocycles. The van der Waals surface area contributed by atoms with Gasteiger partial charge in [-0.25, -0.2) is 9.18 Å². The van der Waals surface area contributed by atoms with Crippen LogP contribution in [0, 0.1) is 12.7 Å². The summed E-state index contributed by atoms with van der Waals surface area (Å²) < 4.78 is 22.7. The largest absolute Gasteiger partial charge is 0.463 e. The lowest BCUT2D eigenvalue weighted by Gasteiger charge is -2.09. The van der Waals surface area contributed by atoms with Crippen molar-refractivity contribution in [2.75, 3.05) is 12.4 Å². The fraction of sp³-hybridized carbons (Fsp3) is 0.214. The van der Waals surface area contributed by atoms with Gasteiger partial charge >= 0.3 is 5.97 Å². The molecule has 2 aromatic rings. The van der Waals surface area contributed by atoms with Crippen LogP contribution in [-0.4, -0.2) is 13.1 Å². The van der Waals surface area contributed by atoms with Gasteiger partial charge < -0.3 is 14.5 Å². The summed E-state index contributed by atoms with van der Waals surface area (Å²) in [5, 5.41) is 3.13. The number of anilines is 1. The summed E-state index contributed by atoms with van der Waals surface area (Å²) in [5.74, 6) is -0.617. The fourth-order valence-electron chi connectivity index (χ4n) is 1.76. The molecule has 0 spiro atoms. The number of hydrogen-bond acceptors (Lipinski definition) is 4. The Balaban J connectivity index is 2.10. The van der Waals surface area contributed by atoms with E-state index in [1.165, 1.54) is 25.5 Å². The molecule has 5 heteroatoms. The average molecular weight is 263 g/mol. The zero-order valence-electron chi connectivity index (χ0n) is 10.7. The quantitative estimate of drug-likeness (QED) is 0.861. The van der Waals surface area contributed by atoms with Crippen LogP contribution in [0.5, 0.6) is 0 Å². The van der Waals surface area contributed by atoms with E-state index in [-0.39, 0.29) is 11.6 Å². The van der Waals surface area contributed by atoms with Crippen LogP contribution in [-0.2, 0) is 11.3 Å². The van der Waals surface area contributed by atoms with Gasteiger partial charge in [-0.05, 0) is 36.8 Å². The zero-order valence-corrected chi connectivity index (χ0v) is 10.7. The van der Waals surface area contributed by atoms with E-state index in [1.807, 2.05) is 6.92 Å². The summed E-state index contributed by atoms with van der Waals surface area (Å²) in [6.45, 7) is 2.20. The van der Waals surface area contributed by atoms with E-state index in [2.05, 4.69) is 10.1 Å². The second-order valence-corrected chi connectivity index (χ2v) is 4.08. The van der Waals surface area contributed by atoms with Crippen LogP contribution >= 0.6 is 0 Å². The molecule has 0 atom stereocenters. The predicted octanol–water partition coefficient (Wildman–Crippen LogP) is 3.13. The first-order chi connectivity index (χ1) is 9.11. The van der Waals surface area contributed by atoms with Gasteiger partial charge in [-0.15, -0.1) is 0 Å². The van der Waals surface area contributed by atoms with E-state index in [4.69, 9.17) is 4.42 Å². The third-order valence-corrected chi connectivity index (χ3v) is 2.78. The Morgan fingerprint density at radius 2 is 2.21 bits per heavy atom. The number of rotatable bonds is 4. The lowest BCUT2D eigenvalue weighted by atomic mass is 10.2. The van der Waals surface area contributed by atoms with Crippen LogP contribution in [0.25, 0.3) is 0 Å². The molecule has 0 radical (unpaired) electrons. The Morgan fingerprint density at radius 1 is 1.42 bits per heavy atom. The van der Waals surface area contributed by atoms with Crippen LogP contribution in [0.15, 0.2) is 34.9 Å². The highest BCUT2D eigenvalue weighted by Gasteiger charge is 2.15. The topological polar surface area (TPSA) is 51.5 Å². The van der Waals surface area contributed by atoms with E-state index in [0.29, 0.717) is 12.1 Å². The molecule has 0 amide bonds. The molecule has 1 aromatic carbocycles. The van der Waals surface area contributed by atoms with Crippen LogP contribution < -0.4 is 5.32 Å². The molecule has 0 saturated heterocycles. The van der Waals surface area contributed by atoms with Crippen molar-refractivity contribution in [3.05, 3.63) is 53.2 Å². The normalized spacial score (nSPS) is 10.3. The lowest BCUT2D eigenvalue weighted by Crippen LogP contribution is -2.07. The van der Waals surface area contributed by atoms with Gasteiger partial charge in [0.1, 0.15) is 5.82 Å². The minimum atomic E-state index is -0.516. The summed E-state index contributed by atoms with van der Waals surface area (Å²) in [5.41, 5.74) is 2.29. The number of halogens is 1. The first-order valence-corrected chi connectivity index (χ1v) is 5.76. The maximum atomic E-state index is 13.0. The van der Waals surface area contributed by atoms with Crippen molar-refractivity contribution in [2.45, 2.75) is 13.5 Å². The number of benzene rings is 1. The van der Waals surface area contributed by atoms with Gasteiger partial charge in [0.2, 0.25) is 5.76 Å². The standard InChI is InChI=1S/C14H14FNO3/c1-9-7-11(15)3-4-12(9)16-8-10-5-6-19-13(10)14(17)18-2/h3-7,16H,8H2,1-2H3. The number of ether oxygens (including phenoxy) is 1. The molecular formula is C14H14FNO3. The van der Waals surface area contributed by atoms with Crippen LogP contribution in [0.2, 0.25) is 0 Å². The molecule has 2 rings (SSSR count). The SMILES string of the molecule is COC(=O)c1occc1CNc1ccc(F)cc1C. The number of esters is 1. The Hall–Kier alpha value is -2.30. The highest BCUT2D eigenvalue weighted by atomic mass is 19.1. The Labute approximate surface area is 110 Å². The molecule has 19 heavy (non-hydrogen) atoms. The van der Waals surface area contributed by atoms with Crippen molar-refractivity contribution in [2.24, 2.45) is 0 Å². The molecule has 0 aliphatic rings. The predicted molar refractivity (Wildman–Crippen MR) is 68.5 cm³/mol. The van der Waals surface area contributed by atoms with Crippen LogP contribution in [0.1, 0.15) is 21.7 Å². The number of furan rings is 1. The molecule has 1 aromatic heterocycles. The monoisotopic (exact) mass is 263 g/mol. The van der Waals surface area contributed by atoms with Gasteiger partial charge in [0.25, 0.3) is 0 Å². The minimum Gasteiger partial charge on any atom is -0.463 e. The summed E-state index contributed by atoms with van der Waals surface area (Å²) in [6, 6.07) is 6.17. The van der Waals surface area contributed by atoms with E-state index >= 15 is 0 Å². The number of nitrogens with one attached hydrogen (secondary N) is 1. The molecule has 4 nitrogen and oxygen atoms in total. The van der Waals surface area contributed by atoms with E-state index in [1.54, 1.807) is 12.1 Å². The summed E-state index contributed by atoms with van der Waals surface area (Å²) in [4.78, 5) is 11.4. The Kier molecular flexibility index (Phi) is 3.85. The van der Waals surface area contributed by atoms with Crippen molar-refractivity contribution in [1.29, 1.82) is 0 Å². The van der Waals surface area contributed by atoms with Crippen LogP contribution in [0.3, 0.4) is 0 Å². The zero-order chi connectivity index (χ0) is 13.8. The minimum absolute atomic E-state index is 0.176. The molecule has 0 unspecified atom stereocenters. The van der Waals surface area contributed by atoms with E-state index < -0.39 is 5.97 Å². The van der Waals surface area contributed by atoms with Crippen molar-refractivity contribution < 1.29 is 18.3 Å². The highest BCUT2D eigenvalue weighted by Crippen LogP contribution is 2.18. The summed E-state index contributed by atoms with van der Waals surface area (Å²) in [6.07, 6.45) is 1.43. The first-order valence-electron chi connectivity index (χ1n) is 5.76. The van der Waals surface area contributed by atoms with Gasteiger partial charge in [0.05, 0.1) is 13.4 Å². The molecular weight excluding hydrogens is 249 g/mol. The smallest absolute Gasteiger partial charge is 0.374 e. The maximum absolute atomic E-state index is 13.0. The van der Waals surface area contributed by atoms with Gasteiger partial charge in [-0.2, -0.15) is 0 Å². The van der Waals surface area contributed by atoms with Crippen LogP contribution in [0.4, 0.5) is 10.1 Å². The van der Waals surface area contributed by atoms with Crippen molar-refractivity contribution in [3.8, 4) is 0 Å². The number of aryl methyl sites for hydroxylation is 1. The molecule has 100 valence electrons. The third kappa shape index (κ3) is 2.93. The summed E-state index contributed by atoms with van der Waals surface area (Å²) >= 11 is 0.